The minimum Gasteiger partial charge on any atom is -0.320 e. The summed E-state index contributed by atoms with van der Waals surface area (Å²) in [6, 6.07) is 7.56. The van der Waals surface area contributed by atoms with Crippen LogP contribution in [0.4, 0.5) is 17.6 Å². The molecule has 2 aromatic carbocycles. The van der Waals surface area contributed by atoms with Crippen LogP contribution in [-0.4, -0.2) is 0 Å². The van der Waals surface area contributed by atoms with Gasteiger partial charge in [-0.1, -0.05) is 30.3 Å². The first kappa shape index (κ1) is 15.5. The van der Waals surface area contributed by atoms with Gasteiger partial charge in [0, 0.05) is 5.56 Å². The highest BCUT2D eigenvalue weighted by Crippen LogP contribution is 2.35. The molecule has 1 nitrogen and oxygen atoms in total. The Morgan fingerprint density at radius 1 is 0.952 bits per heavy atom. The Labute approximate surface area is 120 Å². The third-order valence-corrected chi connectivity index (χ3v) is 3.65. The van der Waals surface area contributed by atoms with Crippen LogP contribution < -0.4 is 5.73 Å². The van der Waals surface area contributed by atoms with E-state index in [-0.39, 0.29) is 5.56 Å². The van der Waals surface area contributed by atoms with E-state index in [0.29, 0.717) is 11.6 Å². The first-order valence-corrected chi connectivity index (χ1v) is 6.40. The fraction of sp³-hybridized carbons (Fsp3) is 0.250. The zero-order chi connectivity index (χ0) is 15.8. The number of halogens is 4. The molecule has 0 amide bonds. The highest BCUT2D eigenvalue weighted by molar-refractivity contribution is 5.42. The van der Waals surface area contributed by atoms with E-state index in [0.717, 1.165) is 11.1 Å². The van der Waals surface area contributed by atoms with E-state index in [9.17, 15) is 17.6 Å². The van der Waals surface area contributed by atoms with Crippen LogP contribution in [0.15, 0.2) is 36.4 Å². The second-order valence-corrected chi connectivity index (χ2v) is 4.97. The zero-order valence-corrected chi connectivity index (χ0v) is 11.6. The highest BCUT2D eigenvalue weighted by Gasteiger charge is 2.35. The smallest absolute Gasteiger partial charge is 0.320 e. The monoisotopic (exact) mass is 297 g/mol. The zero-order valence-electron chi connectivity index (χ0n) is 11.6. The Kier molecular flexibility index (Phi) is 4.05. The summed E-state index contributed by atoms with van der Waals surface area (Å²) in [5.74, 6) is -1.31. The standard InChI is InChI=1S/C16H15F4N/c1-9-5-3-6-11(10(9)2)15(21)12-7-4-8-13(14(12)17)16(18,19)20/h3-8,15H,21H2,1-2H3. The largest absolute Gasteiger partial charge is 0.419 e. The van der Waals surface area contributed by atoms with Gasteiger partial charge in [-0.3, -0.25) is 0 Å². The van der Waals surface area contributed by atoms with E-state index in [2.05, 4.69) is 0 Å². The molecule has 0 saturated carbocycles. The molecule has 21 heavy (non-hydrogen) atoms. The molecule has 0 bridgehead atoms. The molecule has 112 valence electrons. The fourth-order valence-corrected chi connectivity index (χ4v) is 2.29. The quantitative estimate of drug-likeness (QED) is 0.811. The molecule has 0 aliphatic carbocycles. The molecule has 0 heterocycles. The van der Waals surface area contributed by atoms with E-state index in [1.165, 1.54) is 12.1 Å². The summed E-state index contributed by atoms with van der Waals surface area (Å²) in [5, 5.41) is 0. The molecule has 0 fully saturated rings. The van der Waals surface area contributed by atoms with Crippen LogP contribution >= 0.6 is 0 Å². The summed E-state index contributed by atoms with van der Waals surface area (Å²) in [6.45, 7) is 3.68. The van der Waals surface area contributed by atoms with E-state index < -0.39 is 23.6 Å². The maximum Gasteiger partial charge on any atom is 0.419 e. The number of benzene rings is 2. The van der Waals surface area contributed by atoms with Crippen molar-refractivity contribution in [2.45, 2.75) is 26.1 Å². The molecule has 2 aromatic rings. The van der Waals surface area contributed by atoms with Gasteiger partial charge in [0.25, 0.3) is 0 Å². The van der Waals surface area contributed by atoms with Crippen molar-refractivity contribution in [1.29, 1.82) is 0 Å². The first-order chi connectivity index (χ1) is 9.73. The van der Waals surface area contributed by atoms with Gasteiger partial charge in [0.2, 0.25) is 0 Å². The topological polar surface area (TPSA) is 26.0 Å². The predicted molar refractivity (Wildman–Crippen MR) is 73.3 cm³/mol. The Balaban J connectivity index is 2.54. The van der Waals surface area contributed by atoms with Gasteiger partial charge in [-0.25, -0.2) is 4.39 Å². The van der Waals surface area contributed by atoms with Gasteiger partial charge < -0.3 is 5.73 Å². The van der Waals surface area contributed by atoms with Crippen molar-refractivity contribution in [3.8, 4) is 0 Å². The van der Waals surface area contributed by atoms with Crippen LogP contribution in [0, 0.1) is 19.7 Å². The second kappa shape index (κ2) is 5.48. The van der Waals surface area contributed by atoms with Crippen LogP contribution in [0.1, 0.15) is 33.9 Å². The number of hydrogen-bond donors (Lipinski definition) is 1. The van der Waals surface area contributed by atoms with Crippen molar-refractivity contribution >= 4 is 0 Å². The third kappa shape index (κ3) is 2.93. The minimum atomic E-state index is -4.73. The average Bonchev–Trinajstić information content (AvgIpc) is 2.40. The number of nitrogens with two attached hydrogens (primary N) is 1. The van der Waals surface area contributed by atoms with Crippen molar-refractivity contribution in [1.82, 2.24) is 0 Å². The Morgan fingerprint density at radius 3 is 2.14 bits per heavy atom. The lowest BCUT2D eigenvalue weighted by Gasteiger charge is -2.19. The summed E-state index contributed by atoms with van der Waals surface area (Å²) in [5.41, 5.74) is 6.97. The Morgan fingerprint density at radius 2 is 1.52 bits per heavy atom. The van der Waals surface area contributed by atoms with Gasteiger partial charge in [0.1, 0.15) is 5.82 Å². The van der Waals surface area contributed by atoms with Crippen molar-refractivity contribution in [2.75, 3.05) is 0 Å². The van der Waals surface area contributed by atoms with E-state index in [1.54, 1.807) is 12.1 Å². The lowest BCUT2D eigenvalue weighted by atomic mass is 9.92. The number of rotatable bonds is 2. The normalized spacial score (nSPS) is 13.3. The molecule has 0 aromatic heterocycles. The van der Waals surface area contributed by atoms with Gasteiger partial charge in [-0.2, -0.15) is 13.2 Å². The van der Waals surface area contributed by atoms with Crippen molar-refractivity contribution in [3.05, 3.63) is 70.0 Å². The van der Waals surface area contributed by atoms with Crippen LogP contribution in [-0.2, 0) is 6.18 Å². The molecular weight excluding hydrogens is 282 g/mol. The lowest BCUT2D eigenvalue weighted by molar-refractivity contribution is -0.140. The summed E-state index contributed by atoms with van der Waals surface area (Å²) in [6.07, 6.45) is -4.73. The van der Waals surface area contributed by atoms with Gasteiger partial charge in [-0.15, -0.1) is 0 Å². The first-order valence-electron chi connectivity index (χ1n) is 6.40. The Bertz CT molecular complexity index is 662. The molecule has 0 aliphatic rings. The van der Waals surface area contributed by atoms with Gasteiger partial charge in [0.05, 0.1) is 11.6 Å². The van der Waals surface area contributed by atoms with E-state index in [4.69, 9.17) is 5.73 Å². The predicted octanol–water partition coefficient (Wildman–Crippen LogP) is 4.51. The van der Waals surface area contributed by atoms with Crippen LogP contribution in [0.3, 0.4) is 0 Å². The van der Waals surface area contributed by atoms with Crippen molar-refractivity contribution in [3.63, 3.8) is 0 Å². The summed E-state index contributed by atoms with van der Waals surface area (Å²) >= 11 is 0. The summed E-state index contributed by atoms with van der Waals surface area (Å²) in [4.78, 5) is 0. The maximum atomic E-state index is 14.1. The lowest BCUT2D eigenvalue weighted by Crippen LogP contribution is -2.18. The maximum absolute atomic E-state index is 14.1. The van der Waals surface area contributed by atoms with E-state index in [1.807, 2.05) is 19.9 Å². The molecule has 2 N–H and O–H groups in total. The molecule has 0 saturated heterocycles. The molecule has 5 heteroatoms. The van der Waals surface area contributed by atoms with Gasteiger partial charge >= 0.3 is 6.18 Å². The third-order valence-electron chi connectivity index (χ3n) is 3.65. The fourth-order valence-electron chi connectivity index (χ4n) is 2.29. The Hall–Kier alpha value is -1.88. The molecule has 0 aliphatic heterocycles. The molecule has 1 unspecified atom stereocenters. The molecule has 2 rings (SSSR count). The highest BCUT2D eigenvalue weighted by atomic mass is 19.4. The van der Waals surface area contributed by atoms with Crippen molar-refractivity contribution in [2.24, 2.45) is 5.73 Å². The molecular formula is C16H15F4N. The SMILES string of the molecule is Cc1cccc(C(N)c2cccc(C(F)(F)F)c2F)c1C. The van der Waals surface area contributed by atoms with Crippen LogP contribution in [0.25, 0.3) is 0 Å². The summed E-state index contributed by atoms with van der Waals surface area (Å²) < 4.78 is 52.4. The minimum absolute atomic E-state index is 0.154. The summed E-state index contributed by atoms with van der Waals surface area (Å²) in [7, 11) is 0. The number of alkyl halides is 3. The number of aryl methyl sites for hydroxylation is 1. The number of hydrogen-bond acceptors (Lipinski definition) is 1. The van der Waals surface area contributed by atoms with E-state index >= 15 is 0 Å². The van der Waals surface area contributed by atoms with Gasteiger partial charge in [0.15, 0.2) is 0 Å². The van der Waals surface area contributed by atoms with Crippen molar-refractivity contribution < 1.29 is 17.6 Å². The average molecular weight is 297 g/mol. The molecule has 0 radical (unpaired) electrons. The van der Waals surface area contributed by atoms with Crippen LogP contribution in [0.2, 0.25) is 0 Å². The van der Waals surface area contributed by atoms with Crippen LogP contribution in [0.5, 0.6) is 0 Å². The molecule has 1 atom stereocenters. The second-order valence-electron chi connectivity index (χ2n) is 4.97. The van der Waals surface area contributed by atoms with Gasteiger partial charge in [-0.05, 0) is 36.6 Å². The molecule has 0 spiro atoms.